The lowest BCUT2D eigenvalue weighted by Gasteiger charge is -2.72. The molecule has 0 radical (unpaired) electrons. The number of nitrogen functional groups attached to an aromatic ring is 1. The summed E-state index contributed by atoms with van der Waals surface area (Å²) in [6.45, 7) is 10.9. The van der Waals surface area contributed by atoms with Gasteiger partial charge < -0.3 is 20.6 Å². The molecule has 41 heavy (non-hydrogen) atoms. The Kier molecular flexibility index (Phi) is 7.13. The molecule has 1 spiro atoms. The number of benzene rings is 1. The molecule has 7 heteroatoms. The molecule has 4 fully saturated rings. The first-order valence-electron chi connectivity index (χ1n) is 15.3. The molecule has 3 aromatic rings. The van der Waals surface area contributed by atoms with Crippen molar-refractivity contribution >= 4 is 22.7 Å². The first-order valence-corrected chi connectivity index (χ1v) is 15.3. The van der Waals surface area contributed by atoms with Gasteiger partial charge in [0.2, 0.25) is 0 Å². The van der Waals surface area contributed by atoms with Gasteiger partial charge in [0.1, 0.15) is 22.7 Å². The van der Waals surface area contributed by atoms with Gasteiger partial charge in [-0.3, -0.25) is 4.90 Å². The molecule has 0 saturated heterocycles. The highest BCUT2D eigenvalue weighted by molar-refractivity contribution is 5.91. The number of aromatic amines is 1. The molecule has 0 unspecified atom stereocenters. The Morgan fingerprint density at radius 3 is 2.51 bits per heavy atom. The number of anilines is 1. The number of aromatic carboxylic acids is 1. The van der Waals surface area contributed by atoms with E-state index in [0.717, 1.165) is 21.9 Å². The van der Waals surface area contributed by atoms with Crippen molar-refractivity contribution in [3.8, 4) is 11.5 Å². The molecule has 0 aliphatic heterocycles. The third-order valence-electron chi connectivity index (χ3n) is 10.4. The monoisotopic (exact) mass is 556 g/mol. The molecule has 0 amide bonds. The number of carboxylic acid groups (broad SMARTS) is 1. The second kappa shape index (κ2) is 10.5. The Balaban J connectivity index is 0.000000148. The summed E-state index contributed by atoms with van der Waals surface area (Å²) < 4.78 is 5.59. The molecule has 4 N–H and O–H groups in total. The van der Waals surface area contributed by atoms with E-state index in [1.54, 1.807) is 12.3 Å². The lowest BCUT2D eigenvalue weighted by molar-refractivity contribution is -0.169. The van der Waals surface area contributed by atoms with Crippen LogP contribution in [0.4, 0.5) is 5.69 Å². The zero-order valence-electron chi connectivity index (χ0n) is 24.8. The lowest BCUT2D eigenvalue weighted by atomic mass is 9.32. The van der Waals surface area contributed by atoms with Gasteiger partial charge in [0.25, 0.3) is 0 Å². The van der Waals surface area contributed by atoms with Crippen LogP contribution >= 0.6 is 0 Å². The number of ether oxygens (including phenoxy) is 1. The summed E-state index contributed by atoms with van der Waals surface area (Å²) in [6, 6.07) is 8.03. The molecule has 2 aromatic heterocycles. The molecule has 8 rings (SSSR count). The summed E-state index contributed by atoms with van der Waals surface area (Å²) in [5.74, 6) is -0.435. The Morgan fingerprint density at radius 2 is 1.88 bits per heavy atom. The van der Waals surface area contributed by atoms with E-state index in [2.05, 4.69) is 35.6 Å². The third-order valence-corrected chi connectivity index (χ3v) is 10.4. The second-order valence-corrected chi connectivity index (χ2v) is 13.4. The summed E-state index contributed by atoms with van der Waals surface area (Å²) in [6.07, 6.45) is 16.8. The first-order chi connectivity index (χ1) is 19.7. The maximum absolute atomic E-state index is 11.2. The first kappa shape index (κ1) is 27.8. The minimum absolute atomic E-state index is 0.0494. The largest absolute Gasteiger partial charge is 0.478 e. The molecule has 7 nitrogen and oxygen atoms in total. The molecule has 4 saturated carbocycles. The summed E-state index contributed by atoms with van der Waals surface area (Å²) >= 11 is 0. The second-order valence-electron chi connectivity index (χ2n) is 13.4. The zero-order valence-corrected chi connectivity index (χ0v) is 24.8. The highest BCUT2D eigenvalue weighted by Crippen LogP contribution is 2.78. The predicted octanol–water partition coefficient (Wildman–Crippen LogP) is 7.80. The van der Waals surface area contributed by atoms with E-state index in [4.69, 9.17) is 15.6 Å². The van der Waals surface area contributed by atoms with Crippen LogP contribution in [0.5, 0.6) is 11.5 Å². The number of hydrogen-bond acceptors (Lipinski definition) is 5. The molecular weight excluding hydrogens is 512 g/mol. The van der Waals surface area contributed by atoms with E-state index in [1.165, 1.54) is 102 Å². The van der Waals surface area contributed by atoms with Gasteiger partial charge in [-0.25, -0.2) is 9.78 Å². The van der Waals surface area contributed by atoms with Gasteiger partial charge in [-0.05, 0) is 105 Å². The van der Waals surface area contributed by atoms with E-state index in [0.29, 0.717) is 16.9 Å². The SMILES string of the molecule is CCN(CC)CC1=C(C23CC(C)(C2)C3)CC2(CCC2)CC1.Nc1ccc(C(=O)O)c(Oc2cnc3[nH]ccc3c2)c1. The number of nitrogens with two attached hydrogens (primary N) is 1. The van der Waals surface area contributed by atoms with Crippen molar-refractivity contribution in [1.82, 2.24) is 14.9 Å². The van der Waals surface area contributed by atoms with Crippen LogP contribution in [0.25, 0.3) is 11.0 Å². The van der Waals surface area contributed by atoms with Crippen LogP contribution in [0, 0.1) is 16.2 Å². The van der Waals surface area contributed by atoms with Gasteiger partial charge in [0, 0.05) is 29.9 Å². The van der Waals surface area contributed by atoms with Crippen LogP contribution in [-0.2, 0) is 0 Å². The highest BCUT2D eigenvalue weighted by Gasteiger charge is 2.67. The zero-order chi connectivity index (χ0) is 28.8. The third kappa shape index (κ3) is 5.25. The van der Waals surface area contributed by atoms with E-state index in [-0.39, 0.29) is 11.3 Å². The molecule has 5 aliphatic rings. The van der Waals surface area contributed by atoms with E-state index in [9.17, 15) is 4.79 Å². The fraction of sp³-hybridized carbons (Fsp3) is 0.529. The summed E-state index contributed by atoms with van der Waals surface area (Å²) in [5.41, 5.74) is 12.9. The van der Waals surface area contributed by atoms with Crippen LogP contribution < -0.4 is 10.5 Å². The van der Waals surface area contributed by atoms with Crippen molar-refractivity contribution in [2.45, 2.75) is 78.6 Å². The quantitative estimate of drug-likeness (QED) is 0.193. The molecular formula is C34H44N4O3. The van der Waals surface area contributed by atoms with Crippen LogP contribution in [0.1, 0.15) is 88.9 Å². The Bertz CT molecular complexity index is 1460. The standard InChI is InChI=1S/C20H33N.C14H11N3O3/c1-4-21(5-2)12-16-7-10-19(8-6-9-19)11-17(16)20-13-18(3,14-20)15-20;15-9-1-2-11(14(18)19)12(6-9)20-10-5-8-3-4-16-13(8)17-7-10/h4-15H2,1-3H3;1-7H,15H2,(H,16,17)(H,18,19). The normalized spacial score (nSPS) is 25.7. The Labute approximate surface area is 243 Å². The summed E-state index contributed by atoms with van der Waals surface area (Å²) in [4.78, 5) is 20.9. The number of fused-ring (bicyclic) bond motifs is 1. The van der Waals surface area contributed by atoms with Gasteiger partial charge in [0.05, 0.1) is 6.20 Å². The average Bonchev–Trinajstić information content (AvgIpc) is 3.37. The molecule has 0 atom stereocenters. The van der Waals surface area contributed by atoms with Crippen LogP contribution in [-0.4, -0.2) is 45.6 Å². The smallest absolute Gasteiger partial charge is 0.339 e. The van der Waals surface area contributed by atoms with Crippen LogP contribution in [0.15, 0.2) is 53.9 Å². The fourth-order valence-corrected chi connectivity index (χ4v) is 8.23. The van der Waals surface area contributed by atoms with Gasteiger partial charge in [-0.2, -0.15) is 0 Å². The van der Waals surface area contributed by atoms with Gasteiger partial charge in [0.15, 0.2) is 0 Å². The minimum atomic E-state index is -1.07. The number of nitrogens with one attached hydrogen (secondary N) is 1. The number of hydrogen-bond donors (Lipinski definition) is 3. The van der Waals surface area contributed by atoms with Crippen molar-refractivity contribution in [2.24, 2.45) is 16.2 Å². The lowest BCUT2D eigenvalue weighted by Crippen LogP contribution is -2.62. The van der Waals surface area contributed by atoms with Crippen molar-refractivity contribution in [3.05, 3.63) is 59.4 Å². The molecule has 218 valence electrons. The van der Waals surface area contributed by atoms with Gasteiger partial charge in [-0.15, -0.1) is 0 Å². The van der Waals surface area contributed by atoms with Crippen molar-refractivity contribution in [2.75, 3.05) is 25.4 Å². The molecule has 5 aliphatic carbocycles. The van der Waals surface area contributed by atoms with Crippen LogP contribution in [0.3, 0.4) is 0 Å². The summed E-state index contributed by atoms with van der Waals surface area (Å²) in [7, 11) is 0. The van der Waals surface area contributed by atoms with Crippen LogP contribution in [0.2, 0.25) is 0 Å². The average molecular weight is 557 g/mol. The minimum Gasteiger partial charge on any atom is -0.478 e. The number of carboxylic acids is 1. The summed E-state index contributed by atoms with van der Waals surface area (Å²) in [5, 5.41) is 10.0. The number of aromatic nitrogens is 2. The molecule has 2 bridgehead atoms. The number of pyridine rings is 1. The van der Waals surface area contributed by atoms with E-state index < -0.39 is 5.97 Å². The fourth-order valence-electron chi connectivity index (χ4n) is 8.23. The Hall–Kier alpha value is -3.32. The maximum atomic E-state index is 11.2. The number of carbonyl (C=O) groups is 1. The highest BCUT2D eigenvalue weighted by atomic mass is 16.5. The molecule has 2 heterocycles. The number of allylic oxidation sites excluding steroid dienone is 1. The number of nitrogens with zero attached hydrogens (tertiary/aromatic N) is 2. The number of rotatable bonds is 8. The van der Waals surface area contributed by atoms with Crippen molar-refractivity contribution in [1.29, 1.82) is 0 Å². The number of likely N-dealkylation sites (N-methyl/N-ethyl adjacent to an activating group) is 1. The molecule has 1 aromatic carbocycles. The van der Waals surface area contributed by atoms with Crippen molar-refractivity contribution in [3.63, 3.8) is 0 Å². The van der Waals surface area contributed by atoms with E-state index >= 15 is 0 Å². The topological polar surface area (TPSA) is 104 Å². The van der Waals surface area contributed by atoms with Gasteiger partial charge in [-0.1, -0.05) is 38.3 Å². The Morgan fingerprint density at radius 1 is 1.12 bits per heavy atom. The maximum Gasteiger partial charge on any atom is 0.339 e. The van der Waals surface area contributed by atoms with Gasteiger partial charge >= 0.3 is 5.97 Å². The predicted molar refractivity (Wildman–Crippen MR) is 163 cm³/mol. The van der Waals surface area contributed by atoms with Crippen molar-refractivity contribution < 1.29 is 14.6 Å². The number of H-pyrrole nitrogens is 1. The van der Waals surface area contributed by atoms with E-state index in [1.807, 2.05) is 17.2 Å².